The smallest absolute Gasteiger partial charge is 0.238 e. The highest BCUT2D eigenvalue weighted by molar-refractivity contribution is 5.96. The first-order valence-corrected chi connectivity index (χ1v) is 5.98. The largest absolute Gasteiger partial charge is 0.497 e. The second-order valence-corrected chi connectivity index (χ2v) is 4.03. The van der Waals surface area contributed by atoms with Crippen LogP contribution < -0.4 is 15.8 Å². The Morgan fingerprint density at radius 2 is 1.84 bits per heavy atom. The number of hydrogen-bond donors (Lipinski definition) is 2. The van der Waals surface area contributed by atoms with Gasteiger partial charge in [0, 0.05) is 11.3 Å². The SMILES string of the molecule is COc1ccc(-c2ccccc2NC(=O)CN)cc1. The lowest BCUT2D eigenvalue weighted by molar-refractivity contribution is -0.114. The van der Waals surface area contributed by atoms with Gasteiger partial charge in [0.05, 0.1) is 13.7 Å². The van der Waals surface area contributed by atoms with Gasteiger partial charge in [-0.2, -0.15) is 0 Å². The highest BCUT2D eigenvalue weighted by Crippen LogP contribution is 2.29. The molecule has 1 amide bonds. The first-order chi connectivity index (χ1) is 9.24. The van der Waals surface area contributed by atoms with Crippen LogP contribution in [0.3, 0.4) is 0 Å². The second-order valence-electron chi connectivity index (χ2n) is 4.03. The summed E-state index contributed by atoms with van der Waals surface area (Å²) in [6.07, 6.45) is 0. The maximum Gasteiger partial charge on any atom is 0.238 e. The number of ether oxygens (including phenoxy) is 1. The molecule has 0 aromatic heterocycles. The molecule has 2 aromatic rings. The van der Waals surface area contributed by atoms with E-state index in [2.05, 4.69) is 5.32 Å². The van der Waals surface area contributed by atoms with Crippen molar-refractivity contribution in [1.29, 1.82) is 0 Å². The number of nitrogens with one attached hydrogen (secondary N) is 1. The van der Waals surface area contributed by atoms with Crippen LogP contribution in [-0.4, -0.2) is 19.6 Å². The molecule has 0 aliphatic carbocycles. The number of carbonyl (C=O) groups excluding carboxylic acids is 1. The van der Waals surface area contributed by atoms with E-state index in [1.807, 2.05) is 48.5 Å². The maximum atomic E-state index is 11.4. The standard InChI is InChI=1S/C15H16N2O2/c1-19-12-8-6-11(7-9-12)13-4-2-3-5-14(13)17-15(18)10-16/h2-9H,10,16H2,1H3,(H,17,18). The van der Waals surface area contributed by atoms with Gasteiger partial charge in [0.1, 0.15) is 5.75 Å². The molecule has 0 saturated heterocycles. The third-order valence-corrected chi connectivity index (χ3v) is 2.79. The summed E-state index contributed by atoms with van der Waals surface area (Å²) in [5.74, 6) is 0.591. The van der Waals surface area contributed by atoms with Crippen molar-refractivity contribution < 1.29 is 9.53 Å². The number of rotatable bonds is 4. The van der Waals surface area contributed by atoms with Gasteiger partial charge < -0.3 is 15.8 Å². The lowest BCUT2D eigenvalue weighted by atomic mass is 10.0. The minimum absolute atomic E-state index is 0.0308. The molecule has 3 N–H and O–H groups in total. The highest BCUT2D eigenvalue weighted by atomic mass is 16.5. The lowest BCUT2D eigenvalue weighted by Gasteiger charge is -2.11. The van der Waals surface area contributed by atoms with Gasteiger partial charge in [0.15, 0.2) is 0 Å². The third-order valence-electron chi connectivity index (χ3n) is 2.79. The van der Waals surface area contributed by atoms with Crippen LogP contribution >= 0.6 is 0 Å². The number of methoxy groups -OCH3 is 1. The summed E-state index contributed by atoms with van der Waals surface area (Å²) in [6, 6.07) is 15.3. The summed E-state index contributed by atoms with van der Waals surface area (Å²) < 4.78 is 5.13. The van der Waals surface area contributed by atoms with Crippen LogP contribution in [-0.2, 0) is 4.79 Å². The summed E-state index contributed by atoms with van der Waals surface area (Å²) in [5.41, 5.74) is 8.03. The summed E-state index contributed by atoms with van der Waals surface area (Å²) in [7, 11) is 1.63. The van der Waals surface area contributed by atoms with Crippen molar-refractivity contribution in [2.45, 2.75) is 0 Å². The van der Waals surface area contributed by atoms with Crippen LogP contribution in [0.2, 0.25) is 0 Å². The van der Waals surface area contributed by atoms with E-state index in [0.717, 1.165) is 22.6 Å². The Morgan fingerprint density at radius 1 is 1.16 bits per heavy atom. The zero-order chi connectivity index (χ0) is 13.7. The van der Waals surface area contributed by atoms with Gasteiger partial charge >= 0.3 is 0 Å². The highest BCUT2D eigenvalue weighted by Gasteiger charge is 2.07. The zero-order valence-electron chi connectivity index (χ0n) is 10.7. The van der Waals surface area contributed by atoms with Crippen molar-refractivity contribution in [3.05, 3.63) is 48.5 Å². The molecule has 0 heterocycles. The molecule has 4 nitrogen and oxygen atoms in total. The fourth-order valence-corrected chi connectivity index (χ4v) is 1.82. The van der Waals surface area contributed by atoms with Gasteiger partial charge in [-0.15, -0.1) is 0 Å². The Bertz CT molecular complexity index is 565. The van der Waals surface area contributed by atoms with Crippen molar-refractivity contribution in [1.82, 2.24) is 0 Å². The van der Waals surface area contributed by atoms with Crippen LogP contribution in [0, 0.1) is 0 Å². The van der Waals surface area contributed by atoms with Gasteiger partial charge in [0.2, 0.25) is 5.91 Å². The maximum absolute atomic E-state index is 11.4. The minimum Gasteiger partial charge on any atom is -0.497 e. The van der Waals surface area contributed by atoms with Gasteiger partial charge in [-0.05, 0) is 23.8 Å². The molecule has 2 aromatic carbocycles. The van der Waals surface area contributed by atoms with Crippen molar-refractivity contribution in [3.63, 3.8) is 0 Å². The predicted molar refractivity (Wildman–Crippen MR) is 76.1 cm³/mol. The molecule has 0 atom stereocenters. The second kappa shape index (κ2) is 6.02. The van der Waals surface area contributed by atoms with Gasteiger partial charge in [-0.3, -0.25) is 4.79 Å². The molecule has 0 aliphatic rings. The molecule has 0 bridgehead atoms. The molecule has 0 fully saturated rings. The Labute approximate surface area is 112 Å². The fraction of sp³-hybridized carbons (Fsp3) is 0.133. The van der Waals surface area contributed by atoms with Crippen molar-refractivity contribution in [2.75, 3.05) is 19.0 Å². The summed E-state index contributed by atoms with van der Waals surface area (Å²) >= 11 is 0. The average Bonchev–Trinajstić information content (AvgIpc) is 2.48. The first-order valence-electron chi connectivity index (χ1n) is 5.98. The number of carbonyl (C=O) groups is 1. The molecule has 0 saturated carbocycles. The Morgan fingerprint density at radius 3 is 2.47 bits per heavy atom. The molecule has 4 heteroatoms. The Hall–Kier alpha value is -2.33. The van der Waals surface area contributed by atoms with Gasteiger partial charge in [-0.25, -0.2) is 0 Å². The van der Waals surface area contributed by atoms with E-state index in [9.17, 15) is 4.79 Å². The van der Waals surface area contributed by atoms with E-state index in [1.165, 1.54) is 0 Å². The molecule has 0 spiro atoms. The number of para-hydroxylation sites is 1. The summed E-state index contributed by atoms with van der Waals surface area (Å²) in [5, 5.41) is 2.79. The molecule has 19 heavy (non-hydrogen) atoms. The number of hydrogen-bond acceptors (Lipinski definition) is 3. The minimum atomic E-state index is -0.207. The number of anilines is 1. The first kappa shape index (κ1) is 13.1. The van der Waals surface area contributed by atoms with E-state index in [1.54, 1.807) is 7.11 Å². The van der Waals surface area contributed by atoms with Crippen molar-refractivity contribution >= 4 is 11.6 Å². The Balaban J connectivity index is 2.35. The lowest BCUT2D eigenvalue weighted by Crippen LogP contribution is -2.22. The van der Waals surface area contributed by atoms with Crippen LogP contribution in [0.25, 0.3) is 11.1 Å². The van der Waals surface area contributed by atoms with Crippen LogP contribution in [0.4, 0.5) is 5.69 Å². The fourth-order valence-electron chi connectivity index (χ4n) is 1.82. The topological polar surface area (TPSA) is 64.3 Å². The number of amides is 1. The molecule has 0 aliphatic heterocycles. The predicted octanol–water partition coefficient (Wildman–Crippen LogP) is 2.26. The Kier molecular flexibility index (Phi) is 4.15. The number of benzene rings is 2. The average molecular weight is 256 g/mol. The monoisotopic (exact) mass is 256 g/mol. The summed E-state index contributed by atoms with van der Waals surface area (Å²) in [6.45, 7) is -0.0308. The van der Waals surface area contributed by atoms with E-state index in [-0.39, 0.29) is 12.5 Å². The van der Waals surface area contributed by atoms with E-state index in [0.29, 0.717) is 0 Å². The zero-order valence-corrected chi connectivity index (χ0v) is 10.7. The van der Waals surface area contributed by atoms with Gasteiger partial charge in [-0.1, -0.05) is 30.3 Å². The van der Waals surface area contributed by atoms with Crippen molar-refractivity contribution in [3.8, 4) is 16.9 Å². The summed E-state index contributed by atoms with van der Waals surface area (Å²) in [4.78, 5) is 11.4. The van der Waals surface area contributed by atoms with E-state index >= 15 is 0 Å². The van der Waals surface area contributed by atoms with Crippen LogP contribution in [0.5, 0.6) is 5.75 Å². The number of nitrogens with two attached hydrogens (primary N) is 1. The normalized spacial score (nSPS) is 10.0. The molecule has 98 valence electrons. The van der Waals surface area contributed by atoms with Gasteiger partial charge in [0.25, 0.3) is 0 Å². The van der Waals surface area contributed by atoms with Crippen LogP contribution in [0.1, 0.15) is 0 Å². The quantitative estimate of drug-likeness (QED) is 0.882. The van der Waals surface area contributed by atoms with Crippen LogP contribution in [0.15, 0.2) is 48.5 Å². The molecular formula is C15H16N2O2. The van der Waals surface area contributed by atoms with Crippen molar-refractivity contribution in [2.24, 2.45) is 5.73 Å². The molecule has 0 unspecified atom stereocenters. The third kappa shape index (κ3) is 3.11. The molecular weight excluding hydrogens is 240 g/mol. The van der Waals surface area contributed by atoms with E-state index < -0.39 is 0 Å². The molecule has 0 radical (unpaired) electrons. The molecule has 2 rings (SSSR count). The van der Waals surface area contributed by atoms with E-state index in [4.69, 9.17) is 10.5 Å².